The van der Waals surface area contributed by atoms with E-state index >= 15 is 0 Å². The zero-order valence-corrected chi connectivity index (χ0v) is 14.8. The summed E-state index contributed by atoms with van der Waals surface area (Å²) < 4.78 is 0. The Labute approximate surface area is 145 Å². The van der Waals surface area contributed by atoms with Gasteiger partial charge in [-0.3, -0.25) is 0 Å². The van der Waals surface area contributed by atoms with Gasteiger partial charge in [0.1, 0.15) is 26.0 Å². The first kappa shape index (κ1) is 16.6. The van der Waals surface area contributed by atoms with E-state index in [1.165, 1.54) is 25.7 Å². The zero-order chi connectivity index (χ0) is 16.8. The number of nitrogens with zero attached hydrogens (tertiary/aromatic N) is 6. The molecule has 0 saturated heterocycles. The molecule has 0 bridgehead atoms. The van der Waals surface area contributed by atoms with Crippen molar-refractivity contribution in [1.82, 2.24) is 9.80 Å². The maximum Gasteiger partial charge on any atom is 0.113 e. The lowest BCUT2D eigenvalue weighted by Crippen LogP contribution is -2.28. The molecule has 0 spiro atoms. The summed E-state index contributed by atoms with van der Waals surface area (Å²) in [6.07, 6.45) is 8.72. The monoisotopic (exact) mass is 328 g/mol. The molecule has 2 heterocycles. The molecule has 0 aliphatic carbocycles. The fourth-order valence-electron chi connectivity index (χ4n) is 2.85. The number of benzene rings is 1. The average molecular weight is 328 g/mol. The van der Waals surface area contributed by atoms with Gasteiger partial charge < -0.3 is 9.80 Å². The van der Waals surface area contributed by atoms with Crippen LogP contribution < -0.4 is 10.0 Å². The van der Waals surface area contributed by atoms with Crippen molar-refractivity contribution in [2.45, 2.75) is 39.5 Å². The number of hydrogen-bond donors (Lipinski definition) is 0. The second-order valence-electron chi connectivity index (χ2n) is 6.40. The van der Waals surface area contributed by atoms with Gasteiger partial charge in [-0.15, -0.1) is 0 Å². The fourth-order valence-corrected chi connectivity index (χ4v) is 2.85. The lowest BCUT2D eigenvalue weighted by Gasteiger charge is -2.22. The van der Waals surface area contributed by atoms with Crippen molar-refractivity contribution in [3.05, 3.63) is 24.3 Å². The van der Waals surface area contributed by atoms with Crippen LogP contribution in [0.25, 0.3) is 0 Å². The minimum atomic E-state index is 0.829. The highest BCUT2D eigenvalue weighted by atomic mass is 15.6. The van der Waals surface area contributed by atoms with Crippen LogP contribution in [-0.4, -0.2) is 48.9 Å². The van der Waals surface area contributed by atoms with Crippen LogP contribution >= 0.6 is 0 Å². The molecule has 2 aliphatic rings. The zero-order valence-electron chi connectivity index (χ0n) is 14.8. The first-order chi connectivity index (χ1) is 11.8. The molecule has 0 saturated carbocycles. The Morgan fingerprint density at radius 2 is 1.33 bits per heavy atom. The van der Waals surface area contributed by atoms with Crippen molar-refractivity contribution in [2.75, 3.05) is 36.4 Å². The molecule has 130 valence electrons. The Balaban J connectivity index is 1.60. The van der Waals surface area contributed by atoms with Crippen LogP contribution in [-0.2, 0) is 0 Å². The van der Waals surface area contributed by atoms with E-state index in [-0.39, 0.29) is 0 Å². The van der Waals surface area contributed by atoms with Gasteiger partial charge in [-0.2, -0.15) is 10.2 Å². The summed E-state index contributed by atoms with van der Waals surface area (Å²) in [4.78, 5) is 4.52. The molecule has 2 aliphatic heterocycles. The van der Waals surface area contributed by atoms with Crippen molar-refractivity contribution in [2.24, 2.45) is 10.2 Å². The SMILES string of the molecule is CCCCN1C=NN(c2cccc(N3CN(CCCC)C=N3)c2)C1. The predicted octanol–water partition coefficient (Wildman–Crippen LogP) is 3.33. The molecule has 0 atom stereocenters. The Morgan fingerprint density at radius 1 is 0.833 bits per heavy atom. The topological polar surface area (TPSA) is 37.7 Å². The van der Waals surface area contributed by atoms with Gasteiger partial charge in [0.2, 0.25) is 0 Å². The molecule has 6 heteroatoms. The van der Waals surface area contributed by atoms with Gasteiger partial charge in [0.15, 0.2) is 0 Å². The van der Waals surface area contributed by atoms with Crippen LogP contribution in [0, 0.1) is 0 Å². The van der Waals surface area contributed by atoms with Crippen molar-refractivity contribution >= 4 is 24.1 Å². The van der Waals surface area contributed by atoms with E-state index in [1.807, 2.05) is 22.7 Å². The summed E-state index contributed by atoms with van der Waals surface area (Å²) in [5.41, 5.74) is 2.23. The molecule has 24 heavy (non-hydrogen) atoms. The third-order valence-electron chi connectivity index (χ3n) is 4.36. The van der Waals surface area contributed by atoms with Crippen LogP contribution in [0.15, 0.2) is 34.5 Å². The molecule has 6 nitrogen and oxygen atoms in total. The highest BCUT2D eigenvalue weighted by Gasteiger charge is 2.18. The molecule has 1 aromatic rings. The van der Waals surface area contributed by atoms with Gasteiger partial charge in [-0.1, -0.05) is 32.8 Å². The summed E-state index contributed by atoms with van der Waals surface area (Å²) in [7, 11) is 0. The molecule has 0 radical (unpaired) electrons. The molecule has 0 N–H and O–H groups in total. The van der Waals surface area contributed by atoms with E-state index in [2.05, 4.69) is 58.1 Å². The van der Waals surface area contributed by atoms with Crippen molar-refractivity contribution in [3.63, 3.8) is 0 Å². The fraction of sp³-hybridized carbons (Fsp3) is 0.556. The lowest BCUT2D eigenvalue weighted by molar-refractivity contribution is 0.441. The average Bonchev–Trinajstić information content (AvgIpc) is 3.28. The van der Waals surface area contributed by atoms with Crippen LogP contribution in [0.5, 0.6) is 0 Å². The summed E-state index contributed by atoms with van der Waals surface area (Å²) in [6.45, 7) is 8.23. The number of rotatable bonds is 8. The predicted molar refractivity (Wildman–Crippen MR) is 101 cm³/mol. The third kappa shape index (κ3) is 3.99. The van der Waals surface area contributed by atoms with Gasteiger partial charge in [-0.25, -0.2) is 10.0 Å². The van der Waals surface area contributed by atoms with Crippen molar-refractivity contribution in [3.8, 4) is 0 Å². The van der Waals surface area contributed by atoms with Gasteiger partial charge in [-0.05, 0) is 31.0 Å². The normalized spacial score (nSPS) is 16.8. The molecule has 3 rings (SSSR count). The quantitative estimate of drug-likeness (QED) is 0.733. The van der Waals surface area contributed by atoms with Gasteiger partial charge in [0.25, 0.3) is 0 Å². The first-order valence-electron chi connectivity index (χ1n) is 9.01. The standard InChI is InChI=1S/C18H28N6/c1-3-5-10-21-13-19-23(15-21)17-8-7-9-18(12-17)24-16-22(14-20-24)11-6-4-2/h7-9,12-14H,3-6,10-11,15-16H2,1-2H3. The molecule has 0 unspecified atom stereocenters. The largest absolute Gasteiger partial charge is 0.342 e. The van der Waals surface area contributed by atoms with Gasteiger partial charge in [0.05, 0.1) is 11.4 Å². The Kier molecular flexibility index (Phi) is 5.56. The van der Waals surface area contributed by atoms with E-state index in [0.29, 0.717) is 0 Å². The van der Waals surface area contributed by atoms with Gasteiger partial charge >= 0.3 is 0 Å². The van der Waals surface area contributed by atoms with Crippen molar-refractivity contribution in [1.29, 1.82) is 0 Å². The highest BCUT2D eigenvalue weighted by molar-refractivity contribution is 5.68. The maximum atomic E-state index is 4.53. The minimum absolute atomic E-state index is 0.829. The summed E-state index contributed by atoms with van der Waals surface area (Å²) in [5, 5.41) is 13.2. The molecular formula is C18H28N6. The van der Waals surface area contributed by atoms with E-state index in [4.69, 9.17) is 0 Å². The molecule has 1 aromatic carbocycles. The molecule has 0 aromatic heterocycles. The van der Waals surface area contributed by atoms with Crippen LogP contribution in [0.4, 0.5) is 11.4 Å². The second-order valence-corrected chi connectivity index (χ2v) is 6.40. The highest BCUT2D eigenvalue weighted by Crippen LogP contribution is 2.26. The van der Waals surface area contributed by atoms with Crippen LogP contribution in [0.3, 0.4) is 0 Å². The summed E-state index contributed by atoms with van der Waals surface area (Å²) in [6, 6.07) is 8.47. The maximum absolute atomic E-state index is 4.53. The number of hydrazone groups is 2. The van der Waals surface area contributed by atoms with Crippen molar-refractivity contribution < 1.29 is 0 Å². The second kappa shape index (κ2) is 8.04. The molecule has 0 fully saturated rings. The van der Waals surface area contributed by atoms with E-state index in [1.54, 1.807) is 0 Å². The number of hydrogen-bond acceptors (Lipinski definition) is 6. The third-order valence-corrected chi connectivity index (χ3v) is 4.36. The molecular weight excluding hydrogens is 300 g/mol. The smallest absolute Gasteiger partial charge is 0.113 e. The summed E-state index contributed by atoms with van der Waals surface area (Å²) in [5.74, 6) is 0. The van der Waals surface area contributed by atoms with Gasteiger partial charge in [0, 0.05) is 13.1 Å². The number of anilines is 2. The number of unbranched alkanes of at least 4 members (excludes halogenated alkanes) is 2. The Bertz CT molecular complexity index is 537. The lowest BCUT2D eigenvalue weighted by atomic mass is 10.2. The Hall–Kier alpha value is -2.24. The molecule has 0 amide bonds. The minimum Gasteiger partial charge on any atom is -0.342 e. The summed E-state index contributed by atoms with van der Waals surface area (Å²) >= 11 is 0. The van der Waals surface area contributed by atoms with E-state index in [9.17, 15) is 0 Å². The van der Waals surface area contributed by atoms with E-state index in [0.717, 1.165) is 37.8 Å². The Morgan fingerprint density at radius 3 is 1.79 bits per heavy atom. The van der Waals surface area contributed by atoms with Crippen LogP contribution in [0.2, 0.25) is 0 Å². The van der Waals surface area contributed by atoms with E-state index < -0.39 is 0 Å². The first-order valence-corrected chi connectivity index (χ1v) is 9.01. The van der Waals surface area contributed by atoms with Crippen LogP contribution in [0.1, 0.15) is 39.5 Å².